The molecule has 2 N–H and O–H groups in total. The summed E-state index contributed by atoms with van der Waals surface area (Å²) in [6, 6.07) is 10.2. The predicted octanol–water partition coefficient (Wildman–Crippen LogP) is 1.29. The summed E-state index contributed by atoms with van der Waals surface area (Å²) in [5.41, 5.74) is 0.628. The van der Waals surface area contributed by atoms with Gasteiger partial charge < -0.3 is 14.0 Å². The maximum absolute atomic E-state index is 12.8. The molecule has 156 valence electrons. The number of methoxy groups -OCH3 is 2. The highest BCUT2D eigenvalue weighted by Gasteiger charge is 2.16. The van der Waals surface area contributed by atoms with Crippen molar-refractivity contribution in [3.63, 3.8) is 0 Å². The molecule has 3 aromatic rings. The van der Waals surface area contributed by atoms with E-state index in [4.69, 9.17) is 14.6 Å². The quantitative estimate of drug-likeness (QED) is 0.569. The van der Waals surface area contributed by atoms with E-state index < -0.39 is 20.0 Å². The maximum atomic E-state index is 12.8. The summed E-state index contributed by atoms with van der Waals surface area (Å²) < 4.78 is 65.1. The maximum Gasteiger partial charge on any atom is 0.285 e. The smallest absolute Gasteiger partial charge is 0.285 e. The lowest BCUT2D eigenvalue weighted by Gasteiger charge is -2.05. The second kappa shape index (κ2) is 8.24. The van der Waals surface area contributed by atoms with Gasteiger partial charge in [-0.15, -0.1) is 4.40 Å². The monoisotopic (exact) mass is 457 g/mol. The molecule has 0 aliphatic carbocycles. The fourth-order valence-electron chi connectivity index (χ4n) is 2.60. The standard InChI is InChI=1S/C17H19N3O6S3/c1-25-10-9-20-15-8-7-14(28(18,21)22)11-16(15)27-17(20)19-29(23,24)13-5-3-12(26-2)4-6-13/h3-8,11H,9-10H2,1-2H3,(H2,18,21,22). The molecule has 0 amide bonds. The second-order valence-electron chi connectivity index (χ2n) is 5.95. The average Bonchev–Trinajstić information content (AvgIpc) is 3.01. The zero-order valence-corrected chi connectivity index (χ0v) is 18.1. The van der Waals surface area contributed by atoms with Crippen LogP contribution in [0.4, 0.5) is 0 Å². The summed E-state index contributed by atoms with van der Waals surface area (Å²) in [6.45, 7) is 0.654. The molecule has 0 spiro atoms. The van der Waals surface area contributed by atoms with Gasteiger partial charge in [0.25, 0.3) is 10.0 Å². The molecule has 29 heavy (non-hydrogen) atoms. The molecule has 0 aliphatic rings. The van der Waals surface area contributed by atoms with Crippen LogP contribution in [0.1, 0.15) is 0 Å². The van der Waals surface area contributed by atoms with E-state index in [1.54, 1.807) is 10.6 Å². The molecule has 3 rings (SSSR count). The lowest BCUT2D eigenvalue weighted by Crippen LogP contribution is -2.19. The van der Waals surface area contributed by atoms with Crippen LogP contribution in [-0.2, 0) is 31.3 Å². The largest absolute Gasteiger partial charge is 0.497 e. The summed E-state index contributed by atoms with van der Waals surface area (Å²) >= 11 is 1.05. The number of ether oxygens (including phenoxy) is 2. The number of thiazole rings is 1. The molecule has 12 heteroatoms. The number of sulfonamides is 2. The highest BCUT2D eigenvalue weighted by Crippen LogP contribution is 2.22. The van der Waals surface area contributed by atoms with E-state index in [-0.39, 0.29) is 14.6 Å². The van der Waals surface area contributed by atoms with Crippen LogP contribution in [0, 0.1) is 0 Å². The summed E-state index contributed by atoms with van der Waals surface area (Å²) in [6.07, 6.45) is 0. The molecule has 1 aromatic heterocycles. The number of primary sulfonamides is 1. The molecule has 0 fully saturated rings. The van der Waals surface area contributed by atoms with Crippen molar-refractivity contribution in [1.29, 1.82) is 0 Å². The van der Waals surface area contributed by atoms with Crippen molar-refractivity contribution in [3.8, 4) is 5.75 Å². The molecule has 0 radical (unpaired) electrons. The molecular formula is C17H19N3O6S3. The van der Waals surface area contributed by atoms with E-state index >= 15 is 0 Å². The minimum atomic E-state index is -4.00. The van der Waals surface area contributed by atoms with Gasteiger partial charge in [-0.2, -0.15) is 8.42 Å². The van der Waals surface area contributed by atoms with Crippen LogP contribution in [0.15, 0.2) is 56.7 Å². The van der Waals surface area contributed by atoms with Crippen LogP contribution >= 0.6 is 11.3 Å². The van der Waals surface area contributed by atoms with Gasteiger partial charge in [-0.25, -0.2) is 13.6 Å². The Morgan fingerprint density at radius 2 is 1.69 bits per heavy atom. The molecule has 9 nitrogen and oxygen atoms in total. The SMILES string of the molecule is COCCn1c(=NS(=O)(=O)c2ccc(OC)cc2)sc2cc(S(N)(=O)=O)ccc21. The minimum absolute atomic E-state index is 0.0132. The molecule has 2 aromatic carbocycles. The summed E-state index contributed by atoms with van der Waals surface area (Å²) in [5, 5.41) is 5.19. The number of nitrogens with two attached hydrogens (primary N) is 1. The lowest BCUT2D eigenvalue weighted by atomic mass is 10.3. The van der Waals surface area contributed by atoms with Crippen molar-refractivity contribution in [2.45, 2.75) is 16.3 Å². The molecule has 0 saturated carbocycles. The van der Waals surface area contributed by atoms with Crippen LogP contribution in [0.2, 0.25) is 0 Å². The first-order valence-corrected chi connectivity index (χ1v) is 12.1. The second-order valence-corrected chi connectivity index (χ2v) is 10.1. The molecule has 0 bridgehead atoms. The number of rotatable bonds is 7. The number of hydrogen-bond acceptors (Lipinski definition) is 7. The van der Waals surface area contributed by atoms with E-state index in [0.717, 1.165) is 11.3 Å². The molecule has 1 heterocycles. The van der Waals surface area contributed by atoms with Gasteiger partial charge in [0.2, 0.25) is 14.8 Å². The Kier molecular flexibility index (Phi) is 6.10. The Morgan fingerprint density at radius 3 is 2.28 bits per heavy atom. The first kappa shape index (κ1) is 21.5. The van der Waals surface area contributed by atoms with Gasteiger partial charge in [0.1, 0.15) is 5.75 Å². The Labute approximate surface area is 172 Å². The molecular weight excluding hydrogens is 438 g/mol. The van der Waals surface area contributed by atoms with Crippen molar-refractivity contribution in [1.82, 2.24) is 4.57 Å². The first-order valence-electron chi connectivity index (χ1n) is 8.26. The van der Waals surface area contributed by atoms with E-state index in [2.05, 4.69) is 4.40 Å². The van der Waals surface area contributed by atoms with Crippen LogP contribution in [-0.4, -0.2) is 42.2 Å². The third-order valence-electron chi connectivity index (χ3n) is 4.06. The fraction of sp³-hybridized carbons (Fsp3) is 0.235. The Hall–Kier alpha value is -2.25. The summed E-state index contributed by atoms with van der Waals surface area (Å²) in [7, 11) is -4.87. The number of aromatic nitrogens is 1. The van der Waals surface area contributed by atoms with Crippen molar-refractivity contribution in [2.75, 3.05) is 20.8 Å². The van der Waals surface area contributed by atoms with Crippen LogP contribution in [0.5, 0.6) is 5.75 Å². The van der Waals surface area contributed by atoms with Crippen LogP contribution in [0.3, 0.4) is 0 Å². The van der Waals surface area contributed by atoms with Crippen LogP contribution in [0.25, 0.3) is 10.2 Å². The van der Waals surface area contributed by atoms with Gasteiger partial charge in [0.05, 0.1) is 33.7 Å². The number of fused-ring (bicyclic) bond motifs is 1. The first-order chi connectivity index (χ1) is 13.7. The Morgan fingerprint density at radius 1 is 1.03 bits per heavy atom. The molecule has 0 aliphatic heterocycles. The van der Waals surface area contributed by atoms with Gasteiger partial charge >= 0.3 is 0 Å². The number of hydrogen-bond donors (Lipinski definition) is 1. The normalized spacial score (nSPS) is 13.1. The van der Waals surface area contributed by atoms with Crippen molar-refractivity contribution < 1.29 is 26.3 Å². The van der Waals surface area contributed by atoms with Gasteiger partial charge in [-0.3, -0.25) is 0 Å². The predicted molar refractivity (Wildman–Crippen MR) is 109 cm³/mol. The molecule has 0 atom stereocenters. The number of benzene rings is 2. The van der Waals surface area contributed by atoms with E-state index in [1.807, 2.05) is 0 Å². The van der Waals surface area contributed by atoms with Crippen molar-refractivity contribution >= 4 is 41.6 Å². The fourth-order valence-corrected chi connectivity index (χ4v) is 5.52. The van der Waals surface area contributed by atoms with Gasteiger partial charge in [0, 0.05) is 13.7 Å². The third-order valence-corrected chi connectivity index (χ3v) is 7.41. The van der Waals surface area contributed by atoms with Gasteiger partial charge in [0.15, 0.2) is 0 Å². The van der Waals surface area contributed by atoms with Gasteiger partial charge in [-0.1, -0.05) is 11.3 Å². The van der Waals surface area contributed by atoms with Crippen molar-refractivity contribution in [2.24, 2.45) is 9.54 Å². The van der Waals surface area contributed by atoms with Gasteiger partial charge in [-0.05, 0) is 42.5 Å². The molecule has 0 saturated heterocycles. The third kappa shape index (κ3) is 4.67. The highest BCUT2D eigenvalue weighted by molar-refractivity contribution is 7.90. The topological polar surface area (TPSA) is 130 Å². The number of nitrogens with zero attached hydrogens (tertiary/aromatic N) is 2. The van der Waals surface area contributed by atoms with Crippen molar-refractivity contribution in [3.05, 3.63) is 47.3 Å². The zero-order valence-electron chi connectivity index (χ0n) is 15.6. The van der Waals surface area contributed by atoms with Crippen LogP contribution < -0.4 is 14.7 Å². The van der Waals surface area contributed by atoms with E-state index in [0.29, 0.717) is 29.1 Å². The lowest BCUT2D eigenvalue weighted by molar-refractivity contribution is 0.187. The summed E-state index contributed by atoms with van der Waals surface area (Å²) in [4.78, 5) is 0.147. The highest BCUT2D eigenvalue weighted by atomic mass is 32.2. The summed E-state index contributed by atoms with van der Waals surface area (Å²) in [5.74, 6) is 0.525. The van der Waals surface area contributed by atoms with E-state index in [1.165, 1.54) is 50.6 Å². The average molecular weight is 458 g/mol. The Bertz CT molecular complexity index is 1310. The molecule has 0 unspecified atom stereocenters. The van der Waals surface area contributed by atoms with E-state index in [9.17, 15) is 16.8 Å². The zero-order chi connectivity index (χ0) is 21.2. The minimum Gasteiger partial charge on any atom is -0.497 e. The Balaban J connectivity index is 2.19.